The second-order valence-electron chi connectivity index (χ2n) is 4.85. The number of nitrogens with two attached hydrogens (primary N) is 1. The van der Waals surface area contributed by atoms with Gasteiger partial charge in [0.1, 0.15) is 0 Å². The Labute approximate surface area is 127 Å². The molecule has 0 unspecified atom stereocenters. The predicted molar refractivity (Wildman–Crippen MR) is 85.4 cm³/mol. The summed E-state index contributed by atoms with van der Waals surface area (Å²) in [4.78, 5) is 27.7. The topological polar surface area (TPSA) is 78.0 Å². The first-order chi connectivity index (χ1) is 10.1. The fourth-order valence-corrected chi connectivity index (χ4v) is 2.83. The largest absolute Gasteiger partial charge is 0.370 e. The highest BCUT2D eigenvalue weighted by molar-refractivity contribution is 7.98. The van der Waals surface area contributed by atoms with Crippen LogP contribution in [0.3, 0.4) is 0 Å². The van der Waals surface area contributed by atoms with Gasteiger partial charge in [0.15, 0.2) is 5.16 Å². The lowest BCUT2D eigenvalue weighted by molar-refractivity contribution is -0.118. The summed E-state index contributed by atoms with van der Waals surface area (Å²) in [5, 5.41) is 1.38. The number of primary amides is 1. The molecule has 0 bridgehead atoms. The molecule has 0 aliphatic heterocycles. The number of benzene rings is 1. The van der Waals surface area contributed by atoms with Crippen LogP contribution in [0.1, 0.15) is 25.7 Å². The maximum absolute atomic E-state index is 12.5. The van der Waals surface area contributed by atoms with Crippen molar-refractivity contribution >= 4 is 28.6 Å². The number of carbonyl (C=O) groups excluding carboxylic acids is 1. The van der Waals surface area contributed by atoms with Crippen LogP contribution in [0.25, 0.3) is 10.9 Å². The van der Waals surface area contributed by atoms with E-state index in [0.29, 0.717) is 18.4 Å². The van der Waals surface area contributed by atoms with E-state index in [4.69, 9.17) is 5.73 Å². The molecule has 21 heavy (non-hydrogen) atoms. The number of nitrogens with zero attached hydrogens (tertiary/aromatic N) is 2. The van der Waals surface area contributed by atoms with Crippen LogP contribution in [0.5, 0.6) is 0 Å². The van der Waals surface area contributed by atoms with E-state index in [2.05, 4.69) is 4.98 Å². The van der Waals surface area contributed by atoms with Gasteiger partial charge in [-0.25, -0.2) is 4.98 Å². The monoisotopic (exact) mass is 305 g/mol. The van der Waals surface area contributed by atoms with Crippen LogP contribution in [0.4, 0.5) is 0 Å². The van der Waals surface area contributed by atoms with Gasteiger partial charge in [-0.15, -0.1) is 0 Å². The van der Waals surface area contributed by atoms with Gasteiger partial charge in [0.25, 0.3) is 5.56 Å². The van der Waals surface area contributed by atoms with Crippen molar-refractivity contribution < 1.29 is 4.79 Å². The van der Waals surface area contributed by atoms with Crippen molar-refractivity contribution in [1.82, 2.24) is 9.55 Å². The average molecular weight is 305 g/mol. The van der Waals surface area contributed by atoms with Crippen molar-refractivity contribution in [3.05, 3.63) is 34.6 Å². The summed E-state index contributed by atoms with van der Waals surface area (Å²) in [6, 6.07) is 7.39. The molecule has 6 heteroatoms. The molecule has 0 atom stereocenters. The molecule has 2 rings (SSSR count). The smallest absolute Gasteiger partial charge is 0.262 e. The second-order valence-corrected chi connectivity index (χ2v) is 5.62. The molecule has 0 radical (unpaired) electrons. The Kier molecular flexibility index (Phi) is 5.38. The average Bonchev–Trinajstić information content (AvgIpc) is 2.48. The molecule has 1 heterocycles. The number of unbranched alkanes of at least 4 members (excludes halogenated alkanes) is 2. The zero-order chi connectivity index (χ0) is 15.2. The van der Waals surface area contributed by atoms with Gasteiger partial charge in [0.05, 0.1) is 10.9 Å². The molecule has 5 nitrogen and oxygen atoms in total. The Morgan fingerprint density at radius 1 is 1.29 bits per heavy atom. The SMILES string of the molecule is CSc1nc2ccccc2c(=O)n1CCCCCC(N)=O. The molecule has 0 aliphatic carbocycles. The Morgan fingerprint density at radius 2 is 2.05 bits per heavy atom. The van der Waals surface area contributed by atoms with E-state index in [0.717, 1.165) is 29.9 Å². The number of hydrogen-bond donors (Lipinski definition) is 1. The molecular formula is C15H19N3O2S. The third-order valence-electron chi connectivity index (χ3n) is 3.31. The van der Waals surface area contributed by atoms with E-state index in [1.807, 2.05) is 24.5 Å². The number of thioether (sulfide) groups is 1. The number of carbonyl (C=O) groups is 1. The molecule has 112 valence electrons. The van der Waals surface area contributed by atoms with Crippen LogP contribution in [-0.2, 0) is 11.3 Å². The van der Waals surface area contributed by atoms with Crippen LogP contribution >= 0.6 is 11.8 Å². The number of fused-ring (bicyclic) bond motifs is 1. The van der Waals surface area contributed by atoms with Gasteiger partial charge in [0, 0.05) is 13.0 Å². The van der Waals surface area contributed by atoms with E-state index >= 15 is 0 Å². The Morgan fingerprint density at radius 3 is 2.76 bits per heavy atom. The molecule has 0 aliphatic rings. The Bertz CT molecular complexity index is 697. The zero-order valence-corrected chi connectivity index (χ0v) is 12.9. The Hall–Kier alpha value is -1.82. The lowest BCUT2D eigenvalue weighted by atomic mass is 10.2. The van der Waals surface area contributed by atoms with E-state index in [1.54, 1.807) is 10.6 Å². The van der Waals surface area contributed by atoms with E-state index in [1.165, 1.54) is 11.8 Å². The maximum Gasteiger partial charge on any atom is 0.262 e. The fraction of sp³-hybridized carbons (Fsp3) is 0.400. The number of aromatic nitrogens is 2. The van der Waals surface area contributed by atoms with E-state index in [-0.39, 0.29) is 11.5 Å². The van der Waals surface area contributed by atoms with Gasteiger partial charge in [-0.3, -0.25) is 14.2 Å². The minimum atomic E-state index is -0.274. The summed E-state index contributed by atoms with van der Waals surface area (Å²) >= 11 is 1.47. The first-order valence-electron chi connectivity index (χ1n) is 6.95. The molecule has 1 amide bonds. The molecule has 0 fully saturated rings. The Balaban J connectivity index is 2.16. The van der Waals surface area contributed by atoms with Crippen molar-refractivity contribution in [2.24, 2.45) is 5.73 Å². The van der Waals surface area contributed by atoms with Gasteiger partial charge < -0.3 is 5.73 Å². The molecule has 2 N–H and O–H groups in total. The summed E-state index contributed by atoms with van der Waals surface area (Å²) in [6.07, 6.45) is 4.79. The minimum Gasteiger partial charge on any atom is -0.370 e. The summed E-state index contributed by atoms with van der Waals surface area (Å²) < 4.78 is 1.72. The third-order valence-corrected chi connectivity index (χ3v) is 3.99. The maximum atomic E-state index is 12.5. The van der Waals surface area contributed by atoms with Crippen LogP contribution in [0.2, 0.25) is 0 Å². The summed E-state index contributed by atoms with van der Waals surface area (Å²) in [5.41, 5.74) is 5.84. The zero-order valence-electron chi connectivity index (χ0n) is 12.0. The van der Waals surface area contributed by atoms with Crippen molar-refractivity contribution in [2.75, 3.05) is 6.26 Å². The van der Waals surface area contributed by atoms with Gasteiger partial charge in [-0.05, 0) is 31.2 Å². The number of para-hydroxylation sites is 1. The van der Waals surface area contributed by atoms with Crippen molar-refractivity contribution in [1.29, 1.82) is 0 Å². The molecule has 2 aromatic rings. The normalized spacial score (nSPS) is 10.9. The number of amides is 1. The molecule has 1 aromatic heterocycles. The number of rotatable bonds is 7. The van der Waals surface area contributed by atoms with Crippen molar-refractivity contribution in [2.45, 2.75) is 37.4 Å². The molecular weight excluding hydrogens is 286 g/mol. The fourth-order valence-electron chi connectivity index (χ4n) is 2.25. The van der Waals surface area contributed by atoms with Crippen LogP contribution in [0, 0.1) is 0 Å². The molecule has 1 aromatic carbocycles. The highest BCUT2D eigenvalue weighted by Gasteiger charge is 2.09. The first kappa shape index (κ1) is 15.6. The summed E-state index contributed by atoms with van der Waals surface area (Å²) in [6.45, 7) is 0.617. The molecule has 0 saturated carbocycles. The van der Waals surface area contributed by atoms with Crippen LogP contribution in [-0.4, -0.2) is 21.7 Å². The highest BCUT2D eigenvalue weighted by Crippen LogP contribution is 2.15. The van der Waals surface area contributed by atoms with Gasteiger partial charge in [-0.1, -0.05) is 30.3 Å². The quantitative estimate of drug-likeness (QED) is 0.483. The minimum absolute atomic E-state index is 0.000138. The van der Waals surface area contributed by atoms with Crippen molar-refractivity contribution in [3.8, 4) is 0 Å². The van der Waals surface area contributed by atoms with Crippen LogP contribution < -0.4 is 11.3 Å². The standard InChI is InChI=1S/C15H19N3O2S/c1-21-15-17-12-8-5-4-7-11(12)14(20)18(15)10-6-2-3-9-13(16)19/h4-5,7-8H,2-3,6,9-10H2,1H3,(H2,16,19). The molecule has 0 spiro atoms. The summed E-state index contributed by atoms with van der Waals surface area (Å²) in [7, 11) is 0. The first-order valence-corrected chi connectivity index (χ1v) is 8.18. The predicted octanol–water partition coefficient (Wildman–Crippen LogP) is 2.16. The molecule has 0 saturated heterocycles. The van der Waals surface area contributed by atoms with E-state index < -0.39 is 0 Å². The number of hydrogen-bond acceptors (Lipinski definition) is 4. The van der Waals surface area contributed by atoms with E-state index in [9.17, 15) is 9.59 Å². The second kappa shape index (κ2) is 7.26. The third kappa shape index (κ3) is 3.85. The summed E-state index contributed by atoms with van der Waals surface area (Å²) in [5.74, 6) is -0.274. The lowest BCUT2D eigenvalue weighted by Gasteiger charge is -2.11. The van der Waals surface area contributed by atoms with Gasteiger partial charge in [-0.2, -0.15) is 0 Å². The highest BCUT2D eigenvalue weighted by atomic mass is 32.2. The van der Waals surface area contributed by atoms with Gasteiger partial charge in [0.2, 0.25) is 5.91 Å². The lowest BCUT2D eigenvalue weighted by Crippen LogP contribution is -2.23. The van der Waals surface area contributed by atoms with Gasteiger partial charge >= 0.3 is 0 Å². The van der Waals surface area contributed by atoms with Crippen LogP contribution in [0.15, 0.2) is 34.2 Å². The van der Waals surface area contributed by atoms with Crippen molar-refractivity contribution in [3.63, 3.8) is 0 Å².